The number of carbonyl (C=O) groups is 1. The fraction of sp³-hybridized carbons (Fsp3) is 0.136. The third kappa shape index (κ3) is 4.87. The SMILES string of the molecule is COc1cc(C(=O)N(C)Cc2ccccc2)ccc1Oc1ccc(Cl)cc1[N+](=O)[O-]. The van der Waals surface area contributed by atoms with Crippen molar-refractivity contribution in [2.24, 2.45) is 0 Å². The monoisotopic (exact) mass is 426 g/mol. The molecule has 0 aliphatic carbocycles. The molecule has 0 aliphatic heterocycles. The number of amides is 1. The van der Waals surface area contributed by atoms with Crippen molar-refractivity contribution in [1.82, 2.24) is 4.90 Å². The minimum atomic E-state index is -0.579. The molecule has 0 saturated carbocycles. The maximum Gasteiger partial charge on any atom is 0.313 e. The van der Waals surface area contributed by atoms with E-state index in [1.54, 1.807) is 30.1 Å². The maximum atomic E-state index is 12.8. The Balaban J connectivity index is 1.83. The first-order valence-electron chi connectivity index (χ1n) is 8.98. The van der Waals surface area contributed by atoms with Crippen LogP contribution >= 0.6 is 11.6 Å². The minimum absolute atomic E-state index is 0.0166. The number of hydrogen-bond acceptors (Lipinski definition) is 5. The number of rotatable bonds is 7. The molecular formula is C22H19ClN2O5. The predicted octanol–water partition coefficient (Wildman–Crippen LogP) is 5.32. The lowest BCUT2D eigenvalue weighted by atomic mass is 10.1. The highest BCUT2D eigenvalue weighted by Gasteiger charge is 2.20. The quantitative estimate of drug-likeness (QED) is 0.377. The van der Waals surface area contributed by atoms with Gasteiger partial charge in [-0.3, -0.25) is 14.9 Å². The summed E-state index contributed by atoms with van der Waals surface area (Å²) in [5.41, 5.74) is 1.14. The number of ether oxygens (including phenoxy) is 2. The number of benzene rings is 3. The number of nitrogens with zero attached hydrogens (tertiary/aromatic N) is 2. The number of nitro benzene ring substituents is 1. The minimum Gasteiger partial charge on any atom is -0.493 e. The number of carbonyl (C=O) groups excluding carboxylic acids is 1. The van der Waals surface area contributed by atoms with Crippen LogP contribution in [0.2, 0.25) is 5.02 Å². The van der Waals surface area contributed by atoms with Gasteiger partial charge in [0.25, 0.3) is 5.91 Å². The van der Waals surface area contributed by atoms with Gasteiger partial charge in [0.05, 0.1) is 12.0 Å². The van der Waals surface area contributed by atoms with Gasteiger partial charge in [-0.15, -0.1) is 0 Å². The van der Waals surface area contributed by atoms with Crippen LogP contribution in [0.5, 0.6) is 17.2 Å². The Bertz CT molecular complexity index is 1070. The second kappa shape index (κ2) is 9.28. The molecule has 0 heterocycles. The highest BCUT2D eigenvalue weighted by molar-refractivity contribution is 6.30. The maximum absolute atomic E-state index is 12.8. The summed E-state index contributed by atoms with van der Waals surface area (Å²) >= 11 is 5.84. The number of nitro groups is 1. The summed E-state index contributed by atoms with van der Waals surface area (Å²) < 4.78 is 11.0. The van der Waals surface area contributed by atoms with E-state index < -0.39 is 4.92 Å². The molecule has 0 saturated heterocycles. The average molecular weight is 427 g/mol. The molecular weight excluding hydrogens is 408 g/mol. The van der Waals surface area contributed by atoms with Gasteiger partial charge < -0.3 is 14.4 Å². The smallest absolute Gasteiger partial charge is 0.313 e. The molecule has 8 heteroatoms. The first-order valence-corrected chi connectivity index (χ1v) is 9.36. The summed E-state index contributed by atoms with van der Waals surface area (Å²) in [6, 6.07) is 18.4. The molecule has 154 valence electrons. The molecule has 3 rings (SSSR count). The number of methoxy groups -OCH3 is 1. The molecule has 0 N–H and O–H groups in total. The van der Waals surface area contributed by atoms with E-state index >= 15 is 0 Å². The lowest BCUT2D eigenvalue weighted by Crippen LogP contribution is -2.26. The van der Waals surface area contributed by atoms with Crippen molar-refractivity contribution in [2.45, 2.75) is 6.54 Å². The zero-order chi connectivity index (χ0) is 21.7. The van der Waals surface area contributed by atoms with Crippen LogP contribution < -0.4 is 9.47 Å². The first kappa shape index (κ1) is 21.1. The van der Waals surface area contributed by atoms with Gasteiger partial charge in [-0.2, -0.15) is 0 Å². The van der Waals surface area contributed by atoms with Gasteiger partial charge >= 0.3 is 5.69 Å². The van der Waals surface area contributed by atoms with Gasteiger partial charge in [0.15, 0.2) is 11.5 Å². The van der Waals surface area contributed by atoms with Crippen LogP contribution in [0.25, 0.3) is 0 Å². The molecule has 0 unspecified atom stereocenters. The normalized spacial score (nSPS) is 10.4. The summed E-state index contributed by atoms with van der Waals surface area (Å²) in [4.78, 5) is 25.1. The topological polar surface area (TPSA) is 81.9 Å². The third-order valence-corrected chi connectivity index (χ3v) is 4.59. The van der Waals surface area contributed by atoms with Crippen molar-refractivity contribution in [1.29, 1.82) is 0 Å². The highest BCUT2D eigenvalue weighted by atomic mass is 35.5. The van der Waals surface area contributed by atoms with Crippen molar-refractivity contribution in [2.75, 3.05) is 14.2 Å². The lowest BCUT2D eigenvalue weighted by Gasteiger charge is -2.18. The summed E-state index contributed by atoms with van der Waals surface area (Å²) in [6.45, 7) is 0.456. The molecule has 0 aromatic heterocycles. The van der Waals surface area contributed by atoms with Crippen LogP contribution in [0.3, 0.4) is 0 Å². The van der Waals surface area contributed by atoms with Gasteiger partial charge in [0.2, 0.25) is 5.75 Å². The average Bonchev–Trinajstić information content (AvgIpc) is 2.75. The fourth-order valence-electron chi connectivity index (χ4n) is 2.87. The summed E-state index contributed by atoms with van der Waals surface area (Å²) in [5, 5.41) is 11.5. The van der Waals surface area contributed by atoms with E-state index in [1.165, 1.54) is 25.3 Å². The molecule has 0 aliphatic rings. The van der Waals surface area contributed by atoms with Crippen molar-refractivity contribution < 1.29 is 19.2 Å². The van der Waals surface area contributed by atoms with Gasteiger partial charge in [-0.1, -0.05) is 41.9 Å². The molecule has 7 nitrogen and oxygen atoms in total. The summed E-state index contributed by atoms with van der Waals surface area (Å²) in [7, 11) is 3.14. The predicted molar refractivity (Wildman–Crippen MR) is 113 cm³/mol. The second-order valence-corrected chi connectivity index (χ2v) is 6.92. The van der Waals surface area contributed by atoms with Gasteiger partial charge in [-0.25, -0.2) is 0 Å². The van der Waals surface area contributed by atoms with Crippen molar-refractivity contribution in [3.8, 4) is 17.2 Å². The fourth-order valence-corrected chi connectivity index (χ4v) is 3.04. The van der Waals surface area contributed by atoms with Crippen LogP contribution in [0.15, 0.2) is 66.7 Å². The molecule has 0 radical (unpaired) electrons. The van der Waals surface area contributed by atoms with Gasteiger partial charge in [-0.05, 0) is 35.9 Å². The van der Waals surface area contributed by atoms with Crippen LogP contribution in [0, 0.1) is 10.1 Å². The molecule has 3 aromatic carbocycles. The molecule has 3 aromatic rings. The summed E-state index contributed by atoms with van der Waals surface area (Å²) in [6.07, 6.45) is 0. The molecule has 0 bridgehead atoms. The van der Waals surface area contributed by atoms with E-state index in [1.807, 2.05) is 30.3 Å². The number of hydrogen-bond donors (Lipinski definition) is 0. The van der Waals surface area contributed by atoms with Crippen LogP contribution in [-0.2, 0) is 6.54 Å². The van der Waals surface area contributed by atoms with E-state index in [0.717, 1.165) is 5.56 Å². The van der Waals surface area contributed by atoms with Crippen LogP contribution in [-0.4, -0.2) is 29.9 Å². The van der Waals surface area contributed by atoms with E-state index in [-0.39, 0.29) is 33.9 Å². The molecule has 0 fully saturated rings. The molecule has 0 atom stereocenters. The van der Waals surface area contributed by atoms with E-state index in [4.69, 9.17) is 21.1 Å². The standard InChI is InChI=1S/C22H19ClN2O5/c1-24(14-15-6-4-3-5-7-15)22(26)16-8-10-20(21(12-16)29-2)30-19-11-9-17(23)13-18(19)25(27)28/h3-13H,14H2,1-2H3. The Hall–Kier alpha value is -3.58. The second-order valence-electron chi connectivity index (χ2n) is 6.48. The van der Waals surface area contributed by atoms with E-state index in [0.29, 0.717) is 12.1 Å². The van der Waals surface area contributed by atoms with Gasteiger partial charge in [0.1, 0.15) is 0 Å². The molecule has 1 amide bonds. The van der Waals surface area contributed by atoms with Crippen molar-refractivity contribution >= 4 is 23.2 Å². The van der Waals surface area contributed by atoms with Gasteiger partial charge in [0, 0.05) is 30.2 Å². The van der Waals surface area contributed by atoms with E-state index in [2.05, 4.69) is 0 Å². The Kier molecular flexibility index (Phi) is 6.54. The zero-order valence-corrected chi connectivity index (χ0v) is 17.1. The summed E-state index contributed by atoms with van der Waals surface area (Å²) in [5.74, 6) is 0.340. The van der Waals surface area contributed by atoms with Crippen LogP contribution in [0.1, 0.15) is 15.9 Å². The van der Waals surface area contributed by atoms with Crippen LogP contribution in [0.4, 0.5) is 5.69 Å². The largest absolute Gasteiger partial charge is 0.493 e. The first-order chi connectivity index (χ1) is 14.4. The Morgan fingerprint density at radius 2 is 1.73 bits per heavy atom. The Labute approximate surface area is 178 Å². The molecule has 30 heavy (non-hydrogen) atoms. The Morgan fingerprint density at radius 1 is 1.03 bits per heavy atom. The van der Waals surface area contributed by atoms with Crippen molar-refractivity contribution in [3.63, 3.8) is 0 Å². The number of halogens is 1. The Morgan fingerprint density at radius 3 is 2.40 bits per heavy atom. The van der Waals surface area contributed by atoms with Crippen molar-refractivity contribution in [3.05, 3.63) is 93.0 Å². The lowest BCUT2D eigenvalue weighted by molar-refractivity contribution is -0.385. The molecule has 0 spiro atoms. The highest BCUT2D eigenvalue weighted by Crippen LogP contribution is 2.38. The van der Waals surface area contributed by atoms with E-state index in [9.17, 15) is 14.9 Å². The third-order valence-electron chi connectivity index (χ3n) is 4.36. The zero-order valence-electron chi connectivity index (χ0n) is 16.4.